The summed E-state index contributed by atoms with van der Waals surface area (Å²) in [5.41, 5.74) is 4.05. The molecule has 0 radical (unpaired) electrons. The Balaban J connectivity index is 1.54. The quantitative estimate of drug-likeness (QED) is 0.390. The molecule has 4 saturated carbocycles. The zero-order valence-electron chi connectivity index (χ0n) is 22.8. The molecule has 0 aromatic heterocycles. The van der Waals surface area contributed by atoms with Crippen LogP contribution in [0.1, 0.15) is 113 Å². The summed E-state index contributed by atoms with van der Waals surface area (Å²) >= 11 is 0. The molecule has 0 amide bonds. The van der Waals surface area contributed by atoms with E-state index >= 15 is 0 Å². The smallest absolute Gasteiger partial charge is 0.0625 e. The van der Waals surface area contributed by atoms with Crippen molar-refractivity contribution >= 4 is 0 Å². The molecule has 0 aromatic rings. The van der Waals surface area contributed by atoms with Gasteiger partial charge in [0.05, 0.1) is 6.10 Å². The highest BCUT2D eigenvalue weighted by Gasteiger charge is 2.68. The Labute approximate surface area is 199 Å². The van der Waals surface area contributed by atoms with Crippen molar-refractivity contribution in [1.82, 2.24) is 0 Å². The molecule has 0 heterocycles. The third-order valence-corrected chi connectivity index (χ3v) is 13.5. The van der Waals surface area contributed by atoms with E-state index < -0.39 is 0 Å². The van der Waals surface area contributed by atoms with Crippen molar-refractivity contribution in [3.05, 3.63) is 11.6 Å². The topological polar surface area (TPSA) is 9.23 Å². The van der Waals surface area contributed by atoms with Gasteiger partial charge in [-0.2, -0.15) is 0 Å². The summed E-state index contributed by atoms with van der Waals surface area (Å²) in [6.45, 7) is 20.9. The summed E-state index contributed by atoms with van der Waals surface area (Å²) in [4.78, 5) is 0. The summed E-state index contributed by atoms with van der Waals surface area (Å²) < 4.78 is 6.03. The van der Waals surface area contributed by atoms with Gasteiger partial charge in [0.15, 0.2) is 0 Å². The largest absolute Gasteiger partial charge is 0.381 e. The van der Waals surface area contributed by atoms with Gasteiger partial charge in [-0.25, -0.2) is 0 Å². The molecule has 32 heavy (non-hydrogen) atoms. The number of rotatable bonds is 2. The van der Waals surface area contributed by atoms with E-state index in [0.717, 1.165) is 29.6 Å². The van der Waals surface area contributed by atoms with E-state index in [2.05, 4.69) is 61.5 Å². The molecule has 5 rings (SSSR count). The molecule has 0 unspecified atom stereocenters. The van der Waals surface area contributed by atoms with Crippen LogP contribution >= 0.6 is 0 Å². The summed E-state index contributed by atoms with van der Waals surface area (Å²) in [6.07, 6.45) is 15.8. The van der Waals surface area contributed by atoms with E-state index in [1.807, 2.05) is 12.7 Å². The predicted molar refractivity (Wildman–Crippen MR) is 135 cm³/mol. The highest BCUT2D eigenvalue weighted by Crippen LogP contribution is 2.76. The SMILES string of the molecule is CO[C@H]1CC[C@]2(C)C3=CC[C@]4(C)[C@@H]5CC[C@H](C(C)C)[C@@]5(C)CC[C@@]4(C)[C@H]3CC[C@H]2C1(C)C. The van der Waals surface area contributed by atoms with Gasteiger partial charge in [-0.1, -0.05) is 67.0 Å². The van der Waals surface area contributed by atoms with Crippen molar-refractivity contribution in [2.24, 2.45) is 56.7 Å². The molecule has 5 aliphatic carbocycles. The molecule has 1 nitrogen and oxygen atoms in total. The maximum Gasteiger partial charge on any atom is 0.0625 e. The van der Waals surface area contributed by atoms with Gasteiger partial charge >= 0.3 is 0 Å². The maximum atomic E-state index is 6.03. The molecule has 0 N–H and O–H groups in total. The third kappa shape index (κ3) is 2.67. The minimum absolute atomic E-state index is 0.274. The molecule has 0 aromatic carbocycles. The lowest BCUT2D eigenvalue weighted by molar-refractivity contribution is -0.168. The predicted octanol–water partition coefficient (Wildman–Crippen LogP) is 8.68. The fraction of sp³-hybridized carbons (Fsp3) is 0.935. The summed E-state index contributed by atoms with van der Waals surface area (Å²) in [5.74, 6) is 4.23. The molecule has 182 valence electrons. The highest BCUT2D eigenvalue weighted by atomic mass is 16.5. The van der Waals surface area contributed by atoms with Crippen molar-refractivity contribution in [3.63, 3.8) is 0 Å². The van der Waals surface area contributed by atoms with E-state index in [4.69, 9.17) is 4.74 Å². The van der Waals surface area contributed by atoms with Gasteiger partial charge in [0.1, 0.15) is 0 Å². The fourth-order valence-electron chi connectivity index (χ4n) is 11.7. The Morgan fingerprint density at radius 2 is 1.50 bits per heavy atom. The standard InChI is InChI=1S/C31H52O/c1-20(2)21-10-13-25-29(21,6)18-19-30(7)23-11-12-24-27(3,4)26(32-9)15-16-28(24,5)22(23)14-17-31(25,30)8/h14,20-21,23-26H,10-13,15-19H2,1-9H3/t21-,23+,24+,25-,26+,28-,29-,30+,31-/m1/s1. The average Bonchev–Trinajstić information content (AvgIpc) is 3.08. The van der Waals surface area contributed by atoms with Crippen LogP contribution in [0.25, 0.3) is 0 Å². The maximum absolute atomic E-state index is 6.03. The molecule has 9 atom stereocenters. The number of hydrogen-bond donors (Lipinski definition) is 0. The molecule has 0 saturated heterocycles. The second-order valence-electron chi connectivity index (χ2n) is 14.9. The van der Waals surface area contributed by atoms with Gasteiger partial charge in [-0.3, -0.25) is 0 Å². The van der Waals surface area contributed by atoms with Crippen LogP contribution in [-0.4, -0.2) is 13.2 Å². The van der Waals surface area contributed by atoms with Gasteiger partial charge in [0, 0.05) is 7.11 Å². The van der Waals surface area contributed by atoms with Crippen molar-refractivity contribution in [3.8, 4) is 0 Å². The van der Waals surface area contributed by atoms with E-state index in [0.29, 0.717) is 27.8 Å². The molecule has 0 spiro atoms. The van der Waals surface area contributed by atoms with Gasteiger partial charge in [0.25, 0.3) is 0 Å². The number of methoxy groups -OCH3 is 1. The summed E-state index contributed by atoms with van der Waals surface area (Å²) in [6, 6.07) is 0. The fourth-order valence-corrected chi connectivity index (χ4v) is 11.7. The Morgan fingerprint density at radius 3 is 2.16 bits per heavy atom. The second kappa shape index (κ2) is 7.11. The van der Waals surface area contributed by atoms with Gasteiger partial charge in [-0.15, -0.1) is 0 Å². The molecular formula is C31H52O. The number of hydrogen-bond acceptors (Lipinski definition) is 1. The van der Waals surface area contributed by atoms with Crippen LogP contribution in [0.5, 0.6) is 0 Å². The molecule has 0 aliphatic heterocycles. The highest BCUT2D eigenvalue weighted by molar-refractivity contribution is 5.33. The number of allylic oxidation sites excluding steroid dienone is 2. The van der Waals surface area contributed by atoms with Crippen LogP contribution in [-0.2, 0) is 4.74 Å². The first-order valence-electron chi connectivity index (χ1n) is 14.1. The zero-order valence-corrected chi connectivity index (χ0v) is 22.8. The third-order valence-electron chi connectivity index (χ3n) is 13.5. The molecule has 5 aliphatic rings. The average molecular weight is 441 g/mol. The Kier molecular flexibility index (Phi) is 5.21. The lowest BCUT2D eigenvalue weighted by Crippen LogP contribution is -2.62. The molecular weight excluding hydrogens is 388 g/mol. The Hall–Kier alpha value is -0.300. The van der Waals surface area contributed by atoms with E-state index in [1.165, 1.54) is 57.8 Å². The molecule has 4 fully saturated rings. The first kappa shape index (κ1) is 23.4. The first-order chi connectivity index (χ1) is 14.9. The van der Waals surface area contributed by atoms with Crippen molar-refractivity contribution < 1.29 is 4.74 Å². The van der Waals surface area contributed by atoms with Gasteiger partial charge < -0.3 is 4.74 Å². The lowest BCUT2D eigenvalue weighted by atomic mass is 9.35. The van der Waals surface area contributed by atoms with Crippen molar-refractivity contribution in [2.45, 2.75) is 119 Å². The summed E-state index contributed by atoms with van der Waals surface area (Å²) in [5, 5.41) is 0. The minimum atomic E-state index is 0.274. The molecule has 1 heteroatoms. The van der Waals surface area contributed by atoms with Crippen LogP contribution in [0.4, 0.5) is 0 Å². The number of ether oxygens (including phenoxy) is 1. The van der Waals surface area contributed by atoms with Crippen LogP contribution < -0.4 is 0 Å². The number of fused-ring (bicyclic) bond motifs is 7. The second-order valence-corrected chi connectivity index (χ2v) is 14.9. The van der Waals surface area contributed by atoms with Crippen molar-refractivity contribution in [1.29, 1.82) is 0 Å². The van der Waals surface area contributed by atoms with Gasteiger partial charge in [0.2, 0.25) is 0 Å². The van der Waals surface area contributed by atoms with Crippen LogP contribution in [0.2, 0.25) is 0 Å². The lowest BCUT2D eigenvalue weighted by Gasteiger charge is -2.69. The van der Waals surface area contributed by atoms with Crippen LogP contribution in [0, 0.1) is 56.7 Å². The Morgan fingerprint density at radius 1 is 0.812 bits per heavy atom. The monoisotopic (exact) mass is 440 g/mol. The van der Waals surface area contributed by atoms with E-state index in [9.17, 15) is 0 Å². The zero-order chi connectivity index (χ0) is 23.3. The van der Waals surface area contributed by atoms with E-state index in [1.54, 1.807) is 0 Å². The van der Waals surface area contributed by atoms with Gasteiger partial charge in [-0.05, 0) is 114 Å². The Bertz CT molecular complexity index is 792. The normalized spacial score (nSPS) is 54.3. The van der Waals surface area contributed by atoms with Crippen molar-refractivity contribution in [2.75, 3.05) is 7.11 Å². The minimum Gasteiger partial charge on any atom is -0.381 e. The first-order valence-corrected chi connectivity index (χ1v) is 14.1. The van der Waals surface area contributed by atoms with Crippen LogP contribution in [0.15, 0.2) is 11.6 Å². The molecule has 0 bridgehead atoms. The summed E-state index contributed by atoms with van der Waals surface area (Å²) in [7, 11) is 1.94. The van der Waals surface area contributed by atoms with Crippen LogP contribution in [0.3, 0.4) is 0 Å². The van der Waals surface area contributed by atoms with E-state index in [-0.39, 0.29) is 5.41 Å².